The van der Waals surface area contributed by atoms with Crippen LogP contribution in [0.25, 0.3) is 10.1 Å². The first-order chi connectivity index (χ1) is 14.4. The lowest BCUT2D eigenvalue weighted by Gasteiger charge is -2.34. The van der Waals surface area contributed by atoms with E-state index < -0.39 is 0 Å². The summed E-state index contributed by atoms with van der Waals surface area (Å²) in [6, 6.07) is 9.86. The Hall–Kier alpha value is -2.55. The number of amides is 2. The van der Waals surface area contributed by atoms with Gasteiger partial charge in [-0.2, -0.15) is 0 Å². The number of anilines is 1. The minimum absolute atomic E-state index is 0.183. The molecule has 0 radical (unpaired) electrons. The summed E-state index contributed by atoms with van der Waals surface area (Å²) in [6.45, 7) is 2.19. The molecule has 1 aliphatic heterocycles. The molecule has 5 nitrogen and oxygen atoms in total. The average Bonchev–Trinajstić information content (AvgIpc) is 3.05. The number of fused-ring (bicyclic) bond motifs is 1. The molecular weight excluding hydrogens is 432 g/mol. The highest BCUT2D eigenvalue weighted by Gasteiger charge is 2.26. The van der Waals surface area contributed by atoms with Crippen LogP contribution in [0.4, 0.5) is 14.5 Å². The van der Waals surface area contributed by atoms with Crippen LogP contribution in [0.5, 0.6) is 0 Å². The van der Waals surface area contributed by atoms with E-state index in [2.05, 4.69) is 5.32 Å². The van der Waals surface area contributed by atoms with Gasteiger partial charge >= 0.3 is 0 Å². The van der Waals surface area contributed by atoms with Gasteiger partial charge in [-0.3, -0.25) is 14.5 Å². The Balaban J connectivity index is 1.34. The van der Waals surface area contributed by atoms with E-state index >= 15 is 0 Å². The normalized spacial score (nSPS) is 14.8. The van der Waals surface area contributed by atoms with Gasteiger partial charge in [-0.1, -0.05) is 11.6 Å². The van der Waals surface area contributed by atoms with Crippen LogP contribution >= 0.6 is 22.9 Å². The van der Waals surface area contributed by atoms with Crippen LogP contribution in [0.2, 0.25) is 5.02 Å². The number of halogens is 3. The van der Waals surface area contributed by atoms with Gasteiger partial charge < -0.3 is 10.2 Å². The number of benzene rings is 2. The molecule has 0 aliphatic carbocycles. The van der Waals surface area contributed by atoms with Gasteiger partial charge in [0.05, 0.1) is 11.6 Å². The van der Waals surface area contributed by atoms with E-state index in [0.29, 0.717) is 51.9 Å². The van der Waals surface area contributed by atoms with Gasteiger partial charge in [-0.05, 0) is 42.5 Å². The van der Waals surface area contributed by atoms with Crippen molar-refractivity contribution in [2.24, 2.45) is 0 Å². The smallest absolute Gasteiger partial charge is 0.265 e. The maximum absolute atomic E-state index is 13.4. The molecule has 2 heterocycles. The Bertz CT molecular complexity index is 1100. The first-order valence-electron chi connectivity index (χ1n) is 9.35. The Kier molecular flexibility index (Phi) is 5.99. The summed E-state index contributed by atoms with van der Waals surface area (Å²) in [5.41, 5.74) is 0.533. The van der Waals surface area contributed by atoms with Gasteiger partial charge in [0.1, 0.15) is 16.5 Å². The number of rotatable bonds is 4. The van der Waals surface area contributed by atoms with Gasteiger partial charge in [0, 0.05) is 42.0 Å². The predicted molar refractivity (Wildman–Crippen MR) is 114 cm³/mol. The van der Waals surface area contributed by atoms with Crippen LogP contribution in [0.15, 0.2) is 42.5 Å². The van der Waals surface area contributed by atoms with E-state index in [0.717, 1.165) is 0 Å². The fraction of sp³-hybridized carbons (Fsp3) is 0.238. The van der Waals surface area contributed by atoms with Crippen molar-refractivity contribution >= 4 is 50.5 Å². The fourth-order valence-corrected chi connectivity index (χ4v) is 4.87. The third-order valence-electron chi connectivity index (χ3n) is 4.94. The van der Waals surface area contributed by atoms with E-state index in [1.165, 1.54) is 47.7 Å². The second-order valence-corrected chi connectivity index (χ2v) is 8.44. The molecule has 156 valence electrons. The maximum atomic E-state index is 13.4. The Morgan fingerprint density at radius 3 is 2.37 bits per heavy atom. The molecule has 3 aromatic rings. The predicted octanol–water partition coefficient (Wildman–Crippen LogP) is 4.23. The van der Waals surface area contributed by atoms with E-state index in [4.69, 9.17) is 11.6 Å². The highest BCUT2D eigenvalue weighted by atomic mass is 35.5. The lowest BCUT2D eigenvalue weighted by Crippen LogP contribution is -2.50. The number of nitrogens with zero attached hydrogens (tertiary/aromatic N) is 2. The molecule has 0 spiro atoms. The van der Waals surface area contributed by atoms with Crippen LogP contribution < -0.4 is 5.32 Å². The zero-order valence-electron chi connectivity index (χ0n) is 15.8. The monoisotopic (exact) mass is 449 g/mol. The molecule has 1 saturated heterocycles. The molecule has 9 heteroatoms. The highest BCUT2D eigenvalue weighted by molar-refractivity contribution is 7.21. The van der Waals surface area contributed by atoms with Crippen molar-refractivity contribution in [3.8, 4) is 0 Å². The Labute approximate surface area is 180 Å². The molecule has 30 heavy (non-hydrogen) atoms. The Morgan fingerprint density at radius 2 is 1.67 bits per heavy atom. The topological polar surface area (TPSA) is 52.7 Å². The maximum Gasteiger partial charge on any atom is 0.265 e. The molecular formula is C21H18ClF2N3O2S. The minimum Gasteiger partial charge on any atom is -0.335 e. The van der Waals surface area contributed by atoms with Gasteiger partial charge in [0.25, 0.3) is 5.91 Å². The zero-order valence-corrected chi connectivity index (χ0v) is 17.4. The molecule has 0 saturated carbocycles. The van der Waals surface area contributed by atoms with E-state index in [1.807, 2.05) is 4.90 Å². The third kappa shape index (κ3) is 4.45. The first-order valence-corrected chi connectivity index (χ1v) is 10.5. The second kappa shape index (κ2) is 8.67. The summed E-state index contributed by atoms with van der Waals surface area (Å²) < 4.78 is 27.0. The molecule has 0 unspecified atom stereocenters. The largest absolute Gasteiger partial charge is 0.335 e. The number of hydrogen-bond acceptors (Lipinski definition) is 4. The highest BCUT2D eigenvalue weighted by Crippen LogP contribution is 2.36. The van der Waals surface area contributed by atoms with Crippen molar-refractivity contribution in [1.82, 2.24) is 9.80 Å². The van der Waals surface area contributed by atoms with E-state index in [1.54, 1.807) is 11.0 Å². The van der Waals surface area contributed by atoms with Crippen LogP contribution in [0.1, 0.15) is 9.67 Å². The van der Waals surface area contributed by atoms with Crippen LogP contribution in [0, 0.1) is 11.6 Å². The third-order valence-corrected chi connectivity index (χ3v) is 6.59. The van der Waals surface area contributed by atoms with E-state index in [-0.39, 0.29) is 30.0 Å². The number of piperazine rings is 1. The van der Waals surface area contributed by atoms with Crippen molar-refractivity contribution in [2.45, 2.75) is 0 Å². The standard InChI is InChI=1S/C21H18ClF2N3O2S/c22-19-16-6-3-14(24)11-17(16)30-20(19)21(29)27-9-7-26(8-10-27)12-18(28)25-15-4-1-13(23)2-5-15/h1-6,11H,7-10,12H2,(H,25,28). The van der Waals surface area contributed by atoms with Crippen LogP contribution in [-0.2, 0) is 4.79 Å². The van der Waals surface area contributed by atoms with Crippen LogP contribution in [-0.4, -0.2) is 54.3 Å². The lowest BCUT2D eigenvalue weighted by molar-refractivity contribution is -0.117. The second-order valence-electron chi connectivity index (χ2n) is 7.01. The number of nitrogens with one attached hydrogen (secondary N) is 1. The molecule has 4 rings (SSSR count). The SMILES string of the molecule is O=C(CN1CCN(C(=O)c2sc3cc(F)ccc3c2Cl)CC1)Nc1ccc(F)cc1. The number of thiophene rings is 1. The lowest BCUT2D eigenvalue weighted by atomic mass is 10.2. The molecule has 1 aliphatic rings. The summed E-state index contributed by atoms with van der Waals surface area (Å²) in [4.78, 5) is 29.2. The van der Waals surface area contributed by atoms with Crippen molar-refractivity contribution < 1.29 is 18.4 Å². The fourth-order valence-electron chi connectivity index (χ4n) is 3.37. The van der Waals surface area contributed by atoms with Crippen molar-refractivity contribution in [1.29, 1.82) is 0 Å². The molecule has 2 amide bonds. The van der Waals surface area contributed by atoms with Gasteiger partial charge in [0.15, 0.2) is 0 Å². The molecule has 2 aromatic carbocycles. The van der Waals surface area contributed by atoms with Crippen LogP contribution in [0.3, 0.4) is 0 Å². The summed E-state index contributed by atoms with van der Waals surface area (Å²) >= 11 is 7.55. The van der Waals surface area contributed by atoms with E-state index in [9.17, 15) is 18.4 Å². The molecule has 1 fully saturated rings. The summed E-state index contributed by atoms with van der Waals surface area (Å²) in [5, 5.41) is 3.75. The summed E-state index contributed by atoms with van der Waals surface area (Å²) in [5.74, 6) is -1.11. The first kappa shape index (κ1) is 20.7. The zero-order chi connectivity index (χ0) is 21.3. The molecule has 1 N–H and O–H groups in total. The van der Waals surface area contributed by atoms with Gasteiger partial charge in [0.2, 0.25) is 5.91 Å². The number of hydrogen-bond donors (Lipinski definition) is 1. The minimum atomic E-state index is -0.369. The quantitative estimate of drug-likeness (QED) is 0.648. The van der Waals surface area contributed by atoms with Crippen molar-refractivity contribution in [2.75, 3.05) is 38.0 Å². The number of carbonyl (C=O) groups excluding carboxylic acids is 2. The number of carbonyl (C=O) groups is 2. The van der Waals surface area contributed by atoms with Crippen molar-refractivity contribution in [3.05, 3.63) is 64.0 Å². The molecule has 0 bridgehead atoms. The van der Waals surface area contributed by atoms with Crippen molar-refractivity contribution in [3.63, 3.8) is 0 Å². The molecule has 0 atom stereocenters. The van der Waals surface area contributed by atoms with Gasteiger partial charge in [-0.15, -0.1) is 11.3 Å². The Morgan fingerprint density at radius 1 is 1.00 bits per heavy atom. The summed E-state index contributed by atoms with van der Waals surface area (Å²) in [7, 11) is 0. The van der Waals surface area contributed by atoms with Gasteiger partial charge in [-0.25, -0.2) is 8.78 Å². The average molecular weight is 450 g/mol. The summed E-state index contributed by atoms with van der Waals surface area (Å²) in [6.07, 6.45) is 0. The molecule has 1 aromatic heterocycles.